The van der Waals surface area contributed by atoms with E-state index in [9.17, 15) is 0 Å². The molecule has 0 unspecified atom stereocenters. The summed E-state index contributed by atoms with van der Waals surface area (Å²) in [6.45, 7) is 3.38. The Kier molecular flexibility index (Phi) is 8.94. The summed E-state index contributed by atoms with van der Waals surface area (Å²) in [4.78, 5) is 4.26. The van der Waals surface area contributed by atoms with Gasteiger partial charge in [-0.25, -0.2) is 0 Å². The van der Waals surface area contributed by atoms with E-state index in [4.69, 9.17) is 4.74 Å². The molecule has 3 rings (SSSR count). The summed E-state index contributed by atoms with van der Waals surface area (Å²) in [5, 5.41) is 15.1. The summed E-state index contributed by atoms with van der Waals surface area (Å²) < 4.78 is 8.15. The molecule has 1 aromatic heterocycles. The Morgan fingerprint density at radius 3 is 2.84 bits per heavy atom. The second-order valence-corrected chi connectivity index (χ2v) is 6.62. The summed E-state index contributed by atoms with van der Waals surface area (Å²) in [6.07, 6.45) is 10.2. The highest BCUT2D eigenvalue weighted by atomic mass is 127. The van der Waals surface area contributed by atoms with Gasteiger partial charge in [0.2, 0.25) is 0 Å². The van der Waals surface area contributed by atoms with Gasteiger partial charge in [0.1, 0.15) is 5.82 Å². The van der Waals surface area contributed by atoms with E-state index in [2.05, 4.69) is 30.4 Å². The molecule has 2 heterocycles. The first-order valence-corrected chi connectivity index (χ1v) is 9.34. The maximum Gasteiger partial charge on any atom is 0.191 e. The Labute approximate surface area is 167 Å². The fraction of sp³-hybridized carbons (Fsp3) is 0.824. The fourth-order valence-corrected chi connectivity index (χ4v) is 3.49. The van der Waals surface area contributed by atoms with E-state index >= 15 is 0 Å². The van der Waals surface area contributed by atoms with Crippen LogP contribution >= 0.6 is 24.0 Å². The summed E-state index contributed by atoms with van der Waals surface area (Å²) in [7, 11) is 1.79. The van der Waals surface area contributed by atoms with E-state index in [1.54, 1.807) is 7.05 Å². The Hall–Kier alpha value is -0.900. The second kappa shape index (κ2) is 10.9. The van der Waals surface area contributed by atoms with Gasteiger partial charge in [-0.15, -0.1) is 34.2 Å². The van der Waals surface area contributed by atoms with Gasteiger partial charge in [0.25, 0.3) is 0 Å². The molecule has 25 heavy (non-hydrogen) atoms. The van der Waals surface area contributed by atoms with Crippen LogP contribution in [0.4, 0.5) is 0 Å². The van der Waals surface area contributed by atoms with Gasteiger partial charge in [0.05, 0.1) is 12.6 Å². The summed E-state index contributed by atoms with van der Waals surface area (Å²) in [5.74, 6) is 2.91. The number of hydrogen-bond acceptors (Lipinski definition) is 4. The van der Waals surface area contributed by atoms with Crippen LogP contribution < -0.4 is 10.6 Å². The Morgan fingerprint density at radius 1 is 1.20 bits per heavy atom. The molecule has 2 N–H and O–H groups in total. The highest BCUT2D eigenvalue weighted by Gasteiger charge is 2.17. The number of aryl methyl sites for hydroxylation is 1. The predicted octanol–water partition coefficient (Wildman–Crippen LogP) is 2.25. The number of nitrogens with zero attached hydrogens (tertiary/aromatic N) is 4. The van der Waals surface area contributed by atoms with Crippen LogP contribution in [-0.4, -0.2) is 47.0 Å². The highest BCUT2D eigenvalue weighted by Crippen LogP contribution is 2.20. The van der Waals surface area contributed by atoms with Gasteiger partial charge < -0.3 is 19.9 Å². The predicted molar refractivity (Wildman–Crippen MR) is 109 cm³/mol. The molecule has 0 saturated heterocycles. The van der Waals surface area contributed by atoms with Gasteiger partial charge >= 0.3 is 0 Å². The molecule has 0 radical (unpaired) electrons. The van der Waals surface area contributed by atoms with E-state index in [-0.39, 0.29) is 24.0 Å². The zero-order chi connectivity index (χ0) is 16.6. The Morgan fingerprint density at radius 2 is 2.04 bits per heavy atom. The van der Waals surface area contributed by atoms with Crippen LogP contribution in [0.1, 0.15) is 56.6 Å². The zero-order valence-corrected chi connectivity index (χ0v) is 17.5. The molecular formula is C17H31IN6O. The van der Waals surface area contributed by atoms with Crippen LogP contribution in [0.2, 0.25) is 0 Å². The second-order valence-electron chi connectivity index (χ2n) is 6.62. The summed E-state index contributed by atoms with van der Waals surface area (Å²) >= 11 is 0. The zero-order valence-electron chi connectivity index (χ0n) is 15.2. The van der Waals surface area contributed by atoms with Gasteiger partial charge in [-0.1, -0.05) is 19.3 Å². The van der Waals surface area contributed by atoms with Crippen LogP contribution in [0.25, 0.3) is 0 Å². The van der Waals surface area contributed by atoms with Crippen LogP contribution in [0, 0.1) is 0 Å². The lowest BCUT2D eigenvalue weighted by atomic mass is 9.98. The number of aliphatic imine (C=N–C) groups is 1. The van der Waals surface area contributed by atoms with Crippen molar-refractivity contribution < 1.29 is 4.74 Å². The average Bonchev–Trinajstić information content (AvgIpc) is 3.22. The largest absolute Gasteiger partial charge is 0.378 e. The molecule has 0 atom stereocenters. The normalized spacial score (nSPS) is 17.9. The molecule has 0 amide bonds. The van der Waals surface area contributed by atoms with Crippen LogP contribution in [0.3, 0.4) is 0 Å². The molecule has 8 heteroatoms. The minimum Gasteiger partial charge on any atom is -0.378 e. The number of hydrogen-bond donors (Lipinski definition) is 2. The number of fused-ring (bicyclic) bond motifs is 1. The van der Waals surface area contributed by atoms with Gasteiger partial charge in [-0.3, -0.25) is 4.99 Å². The smallest absolute Gasteiger partial charge is 0.191 e. The molecule has 0 aromatic carbocycles. The van der Waals surface area contributed by atoms with Gasteiger partial charge in [-0.05, 0) is 25.7 Å². The van der Waals surface area contributed by atoms with Crippen LogP contribution in [0.5, 0.6) is 0 Å². The molecular weight excluding hydrogens is 431 g/mol. The number of ether oxygens (including phenoxy) is 1. The lowest BCUT2D eigenvalue weighted by Crippen LogP contribution is -2.38. The average molecular weight is 462 g/mol. The number of aromatic nitrogens is 3. The number of rotatable bonds is 7. The lowest BCUT2D eigenvalue weighted by Gasteiger charge is -2.22. The highest BCUT2D eigenvalue weighted by molar-refractivity contribution is 14.0. The SMILES string of the molecule is CN=C(NCCCOC1CCCCC1)NCc1nnc2n1CCC2.I. The lowest BCUT2D eigenvalue weighted by molar-refractivity contribution is 0.0277. The van der Waals surface area contributed by atoms with Crippen molar-refractivity contribution in [2.45, 2.75) is 70.6 Å². The molecule has 1 aromatic rings. The maximum atomic E-state index is 5.95. The van der Waals surface area contributed by atoms with Crippen molar-refractivity contribution >= 4 is 29.9 Å². The van der Waals surface area contributed by atoms with Crippen molar-refractivity contribution in [3.8, 4) is 0 Å². The third-order valence-electron chi connectivity index (χ3n) is 4.84. The maximum absolute atomic E-state index is 5.95. The molecule has 142 valence electrons. The monoisotopic (exact) mass is 462 g/mol. The first kappa shape index (κ1) is 20.4. The molecule has 0 bridgehead atoms. The van der Waals surface area contributed by atoms with Crippen LogP contribution in [0.15, 0.2) is 4.99 Å². The van der Waals surface area contributed by atoms with Crippen LogP contribution in [-0.2, 0) is 24.2 Å². The van der Waals surface area contributed by atoms with Crippen molar-refractivity contribution in [1.82, 2.24) is 25.4 Å². The molecule has 1 aliphatic carbocycles. The van der Waals surface area contributed by atoms with E-state index in [1.165, 1.54) is 38.5 Å². The van der Waals surface area contributed by atoms with E-state index in [0.717, 1.165) is 50.1 Å². The Balaban J connectivity index is 0.00000225. The first-order valence-electron chi connectivity index (χ1n) is 9.34. The molecule has 1 fully saturated rings. The standard InChI is InChI=1S/C17H30N6O.HI/c1-18-17(19-10-6-12-24-14-7-3-2-4-8-14)20-13-16-22-21-15-9-5-11-23(15)16;/h14H,2-13H2,1H3,(H2,18,19,20);1H. The van der Waals surface area contributed by atoms with E-state index in [1.807, 2.05) is 0 Å². The van der Waals surface area contributed by atoms with Gasteiger partial charge in [-0.2, -0.15) is 0 Å². The third kappa shape index (κ3) is 6.09. The van der Waals surface area contributed by atoms with E-state index in [0.29, 0.717) is 12.6 Å². The summed E-state index contributed by atoms with van der Waals surface area (Å²) in [6, 6.07) is 0. The number of halogens is 1. The first-order chi connectivity index (χ1) is 11.9. The van der Waals surface area contributed by atoms with Gasteiger partial charge in [0.15, 0.2) is 11.8 Å². The number of nitrogens with one attached hydrogen (secondary N) is 2. The molecule has 1 aliphatic heterocycles. The van der Waals surface area contributed by atoms with E-state index < -0.39 is 0 Å². The number of guanidine groups is 1. The minimum absolute atomic E-state index is 0. The minimum atomic E-state index is 0. The molecule has 7 nitrogen and oxygen atoms in total. The van der Waals surface area contributed by atoms with Crippen molar-refractivity contribution in [2.24, 2.45) is 4.99 Å². The van der Waals surface area contributed by atoms with Crippen molar-refractivity contribution in [1.29, 1.82) is 0 Å². The van der Waals surface area contributed by atoms with Crippen molar-refractivity contribution in [3.05, 3.63) is 11.6 Å². The Bertz CT molecular complexity index is 541. The molecule has 2 aliphatic rings. The topological polar surface area (TPSA) is 76.4 Å². The molecule has 1 saturated carbocycles. The molecule has 0 spiro atoms. The van der Waals surface area contributed by atoms with Gasteiger partial charge in [0, 0.05) is 33.2 Å². The third-order valence-corrected chi connectivity index (χ3v) is 4.84. The van der Waals surface area contributed by atoms with Crippen molar-refractivity contribution in [2.75, 3.05) is 20.2 Å². The summed E-state index contributed by atoms with van der Waals surface area (Å²) in [5.41, 5.74) is 0. The quantitative estimate of drug-likeness (QED) is 0.282. The van der Waals surface area contributed by atoms with Crippen molar-refractivity contribution in [3.63, 3.8) is 0 Å². The fourth-order valence-electron chi connectivity index (χ4n) is 3.49.